The average Bonchev–Trinajstić information content (AvgIpc) is 2.79. The van der Waals surface area contributed by atoms with Crippen LogP contribution in [0.5, 0.6) is 0 Å². The Kier molecular flexibility index (Phi) is 4.70. The number of ether oxygens (including phenoxy) is 2. The van der Waals surface area contributed by atoms with Crippen molar-refractivity contribution in [2.75, 3.05) is 7.11 Å². The molecule has 0 aliphatic carbocycles. The van der Waals surface area contributed by atoms with E-state index < -0.39 is 23.6 Å². The highest BCUT2D eigenvalue weighted by molar-refractivity contribution is 5.92. The summed E-state index contributed by atoms with van der Waals surface area (Å²) in [5.74, 6) is -1.10. The predicted octanol–water partition coefficient (Wildman–Crippen LogP) is 2.36. The van der Waals surface area contributed by atoms with Gasteiger partial charge in [0.2, 0.25) is 0 Å². The summed E-state index contributed by atoms with van der Waals surface area (Å²) in [6.07, 6.45) is 1.46. The van der Waals surface area contributed by atoms with Gasteiger partial charge in [0, 0.05) is 12.1 Å². The van der Waals surface area contributed by atoms with Crippen LogP contribution in [0.4, 0.5) is 4.79 Å². The van der Waals surface area contributed by atoms with Crippen LogP contribution in [0.3, 0.4) is 0 Å². The van der Waals surface area contributed by atoms with E-state index in [1.807, 2.05) is 0 Å². The smallest absolute Gasteiger partial charge is 0.419 e. The van der Waals surface area contributed by atoms with Crippen molar-refractivity contribution in [2.24, 2.45) is 0 Å². The highest BCUT2D eigenvalue weighted by Crippen LogP contribution is 2.19. The quantitative estimate of drug-likeness (QED) is 0.628. The molecule has 0 N–H and O–H groups in total. The molecular weight excluding hydrogens is 262 g/mol. The lowest BCUT2D eigenvalue weighted by Crippen LogP contribution is -2.28. The third-order valence-corrected chi connectivity index (χ3v) is 2.56. The molecule has 6 nitrogen and oxygen atoms in total. The second-order valence-electron chi connectivity index (χ2n) is 5.43. The van der Waals surface area contributed by atoms with Crippen molar-refractivity contribution in [1.82, 2.24) is 4.57 Å². The number of rotatable bonds is 3. The zero-order valence-electron chi connectivity index (χ0n) is 12.3. The summed E-state index contributed by atoms with van der Waals surface area (Å²) in [5, 5.41) is 0. The van der Waals surface area contributed by atoms with Crippen LogP contribution in [-0.4, -0.2) is 35.6 Å². The molecule has 1 atom stereocenters. The molecule has 1 unspecified atom stereocenters. The molecule has 0 bridgehead atoms. The van der Waals surface area contributed by atoms with Gasteiger partial charge in [-0.2, -0.15) is 0 Å². The number of methoxy groups -OCH3 is 1. The Morgan fingerprint density at radius 2 is 1.95 bits per heavy atom. The molecular formula is C14H19NO5. The molecule has 0 aliphatic rings. The van der Waals surface area contributed by atoms with Gasteiger partial charge in [-0.15, -0.1) is 0 Å². The first-order valence-electron chi connectivity index (χ1n) is 6.19. The molecule has 1 aromatic rings. The summed E-state index contributed by atoms with van der Waals surface area (Å²) in [4.78, 5) is 34.6. The minimum atomic E-state index is -0.692. The number of nitrogens with zero attached hydrogens (tertiary/aromatic N) is 1. The first-order valence-corrected chi connectivity index (χ1v) is 6.19. The van der Waals surface area contributed by atoms with Gasteiger partial charge < -0.3 is 14.3 Å². The van der Waals surface area contributed by atoms with Crippen molar-refractivity contribution in [1.29, 1.82) is 0 Å². The SMILES string of the molecule is COC(=O)c1cc(C(C)C=O)cn1C(=O)OC(C)(C)C. The molecule has 0 fully saturated rings. The van der Waals surface area contributed by atoms with Crippen molar-refractivity contribution < 1.29 is 23.9 Å². The Morgan fingerprint density at radius 3 is 2.40 bits per heavy atom. The third-order valence-electron chi connectivity index (χ3n) is 2.56. The summed E-state index contributed by atoms with van der Waals surface area (Å²) in [7, 11) is 1.22. The second-order valence-corrected chi connectivity index (χ2v) is 5.43. The minimum Gasteiger partial charge on any atom is -0.464 e. The Labute approximate surface area is 117 Å². The van der Waals surface area contributed by atoms with Crippen LogP contribution in [0.25, 0.3) is 0 Å². The van der Waals surface area contributed by atoms with Gasteiger partial charge in [-0.3, -0.25) is 0 Å². The largest absolute Gasteiger partial charge is 0.464 e. The molecule has 1 rings (SSSR count). The Bertz CT molecular complexity index is 524. The molecule has 0 saturated carbocycles. The topological polar surface area (TPSA) is 74.6 Å². The van der Waals surface area contributed by atoms with E-state index in [1.54, 1.807) is 27.7 Å². The Hall–Kier alpha value is -2.11. The molecule has 110 valence electrons. The van der Waals surface area contributed by atoms with Crippen molar-refractivity contribution >= 4 is 18.3 Å². The van der Waals surface area contributed by atoms with Crippen LogP contribution in [0.2, 0.25) is 0 Å². The maximum Gasteiger partial charge on any atom is 0.419 e. The summed E-state index contributed by atoms with van der Waals surface area (Å²) in [5.41, 5.74) is -0.109. The van der Waals surface area contributed by atoms with E-state index in [9.17, 15) is 14.4 Å². The highest BCUT2D eigenvalue weighted by atomic mass is 16.6. The number of aromatic nitrogens is 1. The van der Waals surface area contributed by atoms with Gasteiger partial charge in [-0.05, 0) is 32.4 Å². The summed E-state index contributed by atoms with van der Waals surface area (Å²) >= 11 is 0. The molecule has 0 spiro atoms. The standard InChI is InChI=1S/C14H19NO5/c1-9(8-16)10-6-11(12(17)19-5)15(7-10)13(18)20-14(2,3)4/h6-9H,1-5H3. The van der Waals surface area contributed by atoms with E-state index >= 15 is 0 Å². The molecule has 1 aromatic heterocycles. The number of carbonyl (C=O) groups is 3. The normalized spacial score (nSPS) is 12.7. The van der Waals surface area contributed by atoms with Gasteiger partial charge in [0.1, 0.15) is 17.6 Å². The zero-order valence-corrected chi connectivity index (χ0v) is 12.3. The van der Waals surface area contributed by atoms with Crippen LogP contribution in [0.1, 0.15) is 49.7 Å². The lowest BCUT2D eigenvalue weighted by molar-refractivity contribution is -0.108. The van der Waals surface area contributed by atoms with Gasteiger partial charge in [-0.1, -0.05) is 6.92 Å². The number of carbonyl (C=O) groups excluding carboxylic acids is 3. The fraction of sp³-hybridized carbons (Fsp3) is 0.500. The van der Waals surface area contributed by atoms with E-state index in [2.05, 4.69) is 4.74 Å². The molecule has 0 aromatic carbocycles. The van der Waals surface area contributed by atoms with Crippen LogP contribution >= 0.6 is 0 Å². The summed E-state index contributed by atoms with van der Waals surface area (Å²) in [6, 6.07) is 1.45. The molecule has 1 heterocycles. The fourth-order valence-electron chi connectivity index (χ4n) is 1.53. The van der Waals surface area contributed by atoms with Crippen LogP contribution in [0.15, 0.2) is 12.3 Å². The van der Waals surface area contributed by atoms with Crippen molar-refractivity contribution in [3.05, 3.63) is 23.5 Å². The number of hydrogen-bond donors (Lipinski definition) is 0. The predicted molar refractivity (Wildman–Crippen MR) is 71.9 cm³/mol. The Balaban J connectivity index is 3.22. The lowest BCUT2D eigenvalue weighted by atomic mass is 10.1. The van der Waals surface area contributed by atoms with Crippen LogP contribution in [-0.2, 0) is 14.3 Å². The van der Waals surface area contributed by atoms with Crippen molar-refractivity contribution in [3.8, 4) is 0 Å². The first-order chi connectivity index (χ1) is 9.19. The summed E-state index contributed by atoms with van der Waals surface area (Å²) in [6.45, 7) is 6.84. The van der Waals surface area contributed by atoms with Crippen molar-refractivity contribution in [2.45, 2.75) is 39.2 Å². The lowest BCUT2D eigenvalue weighted by Gasteiger charge is -2.20. The monoisotopic (exact) mass is 281 g/mol. The molecule has 0 saturated heterocycles. The average molecular weight is 281 g/mol. The van der Waals surface area contributed by atoms with Gasteiger partial charge in [-0.25, -0.2) is 14.2 Å². The van der Waals surface area contributed by atoms with Crippen LogP contribution < -0.4 is 0 Å². The number of esters is 1. The zero-order chi connectivity index (χ0) is 15.5. The van der Waals surface area contributed by atoms with Gasteiger partial charge in [0.15, 0.2) is 0 Å². The maximum atomic E-state index is 12.1. The minimum absolute atomic E-state index is 0.0328. The Morgan fingerprint density at radius 1 is 1.35 bits per heavy atom. The van der Waals surface area contributed by atoms with E-state index in [0.717, 1.165) is 10.9 Å². The first kappa shape index (κ1) is 15.9. The molecule has 6 heteroatoms. The second kappa shape index (κ2) is 5.90. The number of aldehydes is 1. The fourth-order valence-corrected chi connectivity index (χ4v) is 1.53. The third kappa shape index (κ3) is 3.69. The molecule has 0 aliphatic heterocycles. The molecule has 20 heavy (non-hydrogen) atoms. The summed E-state index contributed by atoms with van der Waals surface area (Å²) < 4.78 is 10.9. The van der Waals surface area contributed by atoms with Crippen molar-refractivity contribution in [3.63, 3.8) is 0 Å². The van der Waals surface area contributed by atoms with Gasteiger partial charge in [0.25, 0.3) is 0 Å². The van der Waals surface area contributed by atoms with E-state index in [-0.39, 0.29) is 5.69 Å². The van der Waals surface area contributed by atoms with Crippen LogP contribution in [0, 0.1) is 0 Å². The maximum absolute atomic E-state index is 12.1. The van der Waals surface area contributed by atoms with E-state index in [4.69, 9.17) is 4.74 Å². The van der Waals surface area contributed by atoms with Gasteiger partial charge in [0.05, 0.1) is 7.11 Å². The molecule has 0 amide bonds. The highest BCUT2D eigenvalue weighted by Gasteiger charge is 2.24. The molecule has 0 radical (unpaired) electrons. The number of hydrogen-bond acceptors (Lipinski definition) is 5. The van der Waals surface area contributed by atoms with E-state index in [1.165, 1.54) is 19.4 Å². The van der Waals surface area contributed by atoms with E-state index in [0.29, 0.717) is 5.56 Å². The van der Waals surface area contributed by atoms with Gasteiger partial charge >= 0.3 is 12.1 Å².